The standard InChI is InChI=1S/C10H13N5/c1-7-9(6-15(3)14-7)13-10-8(2)11-4-5-12-10/h4-6H,1-3H3,(H,12,13). The quantitative estimate of drug-likeness (QED) is 0.805. The van der Waals surface area contributed by atoms with Gasteiger partial charge in [-0.2, -0.15) is 5.10 Å². The zero-order valence-corrected chi connectivity index (χ0v) is 9.02. The summed E-state index contributed by atoms with van der Waals surface area (Å²) in [7, 11) is 1.89. The van der Waals surface area contributed by atoms with E-state index in [1.54, 1.807) is 17.1 Å². The molecule has 2 aromatic heterocycles. The van der Waals surface area contributed by atoms with Crippen molar-refractivity contribution < 1.29 is 0 Å². The van der Waals surface area contributed by atoms with Crippen LogP contribution in [0, 0.1) is 13.8 Å². The van der Waals surface area contributed by atoms with Gasteiger partial charge in [0.05, 0.1) is 17.1 Å². The van der Waals surface area contributed by atoms with Crippen molar-refractivity contribution in [1.29, 1.82) is 0 Å². The van der Waals surface area contributed by atoms with Gasteiger partial charge in [-0.05, 0) is 13.8 Å². The van der Waals surface area contributed by atoms with E-state index in [1.165, 1.54) is 0 Å². The molecule has 0 aliphatic heterocycles. The second kappa shape index (κ2) is 3.68. The van der Waals surface area contributed by atoms with Crippen molar-refractivity contribution in [2.45, 2.75) is 13.8 Å². The molecule has 0 radical (unpaired) electrons. The molecule has 5 heteroatoms. The molecule has 0 aliphatic rings. The van der Waals surface area contributed by atoms with Crippen LogP contribution in [-0.2, 0) is 7.05 Å². The summed E-state index contributed by atoms with van der Waals surface area (Å²) < 4.78 is 1.77. The lowest BCUT2D eigenvalue weighted by Crippen LogP contribution is -1.97. The molecule has 2 heterocycles. The van der Waals surface area contributed by atoms with Crippen LogP contribution in [0.2, 0.25) is 0 Å². The van der Waals surface area contributed by atoms with E-state index < -0.39 is 0 Å². The fraction of sp³-hybridized carbons (Fsp3) is 0.300. The molecule has 1 N–H and O–H groups in total. The van der Waals surface area contributed by atoms with Crippen LogP contribution in [-0.4, -0.2) is 19.7 Å². The van der Waals surface area contributed by atoms with Crippen LogP contribution in [0.3, 0.4) is 0 Å². The van der Waals surface area contributed by atoms with Crippen molar-refractivity contribution in [2.24, 2.45) is 7.05 Å². The molecule has 0 aliphatic carbocycles. The van der Waals surface area contributed by atoms with Gasteiger partial charge in [0.2, 0.25) is 0 Å². The summed E-state index contributed by atoms with van der Waals surface area (Å²) in [5.74, 6) is 0.772. The molecule has 0 bridgehead atoms. The van der Waals surface area contributed by atoms with Crippen LogP contribution in [0.4, 0.5) is 11.5 Å². The first kappa shape index (κ1) is 9.64. The van der Waals surface area contributed by atoms with Gasteiger partial charge in [-0.25, -0.2) is 4.98 Å². The Morgan fingerprint density at radius 1 is 1.13 bits per heavy atom. The number of rotatable bonds is 2. The number of nitrogens with zero attached hydrogens (tertiary/aromatic N) is 4. The van der Waals surface area contributed by atoms with Gasteiger partial charge >= 0.3 is 0 Å². The van der Waals surface area contributed by atoms with Crippen molar-refractivity contribution in [3.63, 3.8) is 0 Å². The highest BCUT2D eigenvalue weighted by Gasteiger charge is 2.05. The topological polar surface area (TPSA) is 55.6 Å². The van der Waals surface area contributed by atoms with Gasteiger partial charge in [-0.3, -0.25) is 9.67 Å². The summed E-state index contributed by atoms with van der Waals surface area (Å²) >= 11 is 0. The third-order valence-electron chi connectivity index (χ3n) is 2.15. The lowest BCUT2D eigenvalue weighted by atomic mass is 10.3. The molecule has 15 heavy (non-hydrogen) atoms. The lowest BCUT2D eigenvalue weighted by Gasteiger charge is -2.05. The Morgan fingerprint density at radius 3 is 2.47 bits per heavy atom. The van der Waals surface area contributed by atoms with E-state index in [0.29, 0.717) is 0 Å². The average Bonchev–Trinajstić information content (AvgIpc) is 2.49. The number of aromatic nitrogens is 4. The molecule has 0 spiro atoms. The monoisotopic (exact) mass is 203 g/mol. The Balaban J connectivity index is 2.29. The molecule has 0 atom stereocenters. The van der Waals surface area contributed by atoms with Crippen molar-refractivity contribution in [2.75, 3.05) is 5.32 Å². The van der Waals surface area contributed by atoms with Crippen molar-refractivity contribution >= 4 is 11.5 Å². The fourth-order valence-corrected chi connectivity index (χ4v) is 1.38. The minimum absolute atomic E-state index is 0.772. The highest BCUT2D eigenvalue weighted by atomic mass is 15.3. The van der Waals surface area contributed by atoms with Gasteiger partial charge < -0.3 is 5.32 Å². The van der Waals surface area contributed by atoms with E-state index in [0.717, 1.165) is 22.9 Å². The van der Waals surface area contributed by atoms with Crippen molar-refractivity contribution in [3.05, 3.63) is 30.0 Å². The van der Waals surface area contributed by atoms with Crippen LogP contribution in [0.5, 0.6) is 0 Å². The first-order chi connectivity index (χ1) is 7.16. The second-order valence-corrected chi connectivity index (χ2v) is 3.42. The van der Waals surface area contributed by atoms with Crippen LogP contribution >= 0.6 is 0 Å². The van der Waals surface area contributed by atoms with Crippen molar-refractivity contribution in [1.82, 2.24) is 19.7 Å². The largest absolute Gasteiger partial charge is 0.336 e. The molecular formula is C10H13N5. The van der Waals surface area contributed by atoms with E-state index >= 15 is 0 Å². The predicted molar refractivity (Wildman–Crippen MR) is 58.0 cm³/mol. The van der Waals surface area contributed by atoms with Gasteiger partial charge in [0.25, 0.3) is 0 Å². The summed E-state index contributed by atoms with van der Waals surface area (Å²) in [5, 5.41) is 7.45. The van der Waals surface area contributed by atoms with E-state index in [9.17, 15) is 0 Å². The molecule has 0 saturated heterocycles. The van der Waals surface area contributed by atoms with Crippen molar-refractivity contribution in [3.8, 4) is 0 Å². The Kier molecular flexibility index (Phi) is 2.37. The molecule has 0 aromatic carbocycles. The van der Waals surface area contributed by atoms with Crippen LogP contribution < -0.4 is 5.32 Å². The molecule has 2 aromatic rings. The highest BCUT2D eigenvalue weighted by molar-refractivity contribution is 5.58. The molecule has 5 nitrogen and oxygen atoms in total. The minimum Gasteiger partial charge on any atom is -0.336 e. The maximum atomic E-state index is 4.24. The molecule has 78 valence electrons. The SMILES string of the molecule is Cc1nn(C)cc1Nc1nccnc1C. The third kappa shape index (κ3) is 1.96. The molecule has 0 amide bonds. The van der Waals surface area contributed by atoms with Gasteiger partial charge in [0, 0.05) is 25.6 Å². The maximum Gasteiger partial charge on any atom is 0.151 e. The van der Waals surface area contributed by atoms with Gasteiger partial charge in [-0.15, -0.1) is 0 Å². The number of nitrogens with one attached hydrogen (secondary N) is 1. The Bertz CT molecular complexity index is 474. The predicted octanol–water partition coefficient (Wildman–Crippen LogP) is 1.57. The summed E-state index contributed by atoms with van der Waals surface area (Å²) in [6, 6.07) is 0. The number of hydrogen-bond acceptors (Lipinski definition) is 4. The Morgan fingerprint density at radius 2 is 1.87 bits per heavy atom. The Hall–Kier alpha value is -1.91. The van der Waals surface area contributed by atoms with Gasteiger partial charge in [0.1, 0.15) is 0 Å². The molecular weight excluding hydrogens is 190 g/mol. The molecule has 0 saturated carbocycles. The lowest BCUT2D eigenvalue weighted by molar-refractivity contribution is 0.756. The normalized spacial score (nSPS) is 10.3. The molecule has 2 rings (SSSR count). The first-order valence-electron chi connectivity index (χ1n) is 4.71. The van der Waals surface area contributed by atoms with E-state index in [4.69, 9.17) is 0 Å². The molecule has 0 unspecified atom stereocenters. The summed E-state index contributed by atoms with van der Waals surface area (Å²) in [6.07, 6.45) is 5.26. The first-order valence-corrected chi connectivity index (χ1v) is 4.71. The summed E-state index contributed by atoms with van der Waals surface area (Å²) in [4.78, 5) is 8.37. The maximum absolute atomic E-state index is 4.24. The van der Waals surface area contributed by atoms with Crippen LogP contribution in [0.25, 0.3) is 0 Å². The Labute approximate surface area is 88.2 Å². The second-order valence-electron chi connectivity index (χ2n) is 3.42. The van der Waals surface area contributed by atoms with Gasteiger partial charge in [0.15, 0.2) is 5.82 Å². The van der Waals surface area contributed by atoms with Gasteiger partial charge in [-0.1, -0.05) is 0 Å². The van der Waals surface area contributed by atoms with Crippen LogP contribution in [0.15, 0.2) is 18.6 Å². The zero-order chi connectivity index (χ0) is 10.8. The fourth-order valence-electron chi connectivity index (χ4n) is 1.38. The smallest absolute Gasteiger partial charge is 0.151 e. The highest BCUT2D eigenvalue weighted by Crippen LogP contribution is 2.18. The summed E-state index contributed by atoms with van der Waals surface area (Å²) in [6.45, 7) is 3.87. The average molecular weight is 203 g/mol. The van der Waals surface area contributed by atoms with E-state index in [2.05, 4.69) is 20.4 Å². The number of aryl methyl sites for hydroxylation is 3. The minimum atomic E-state index is 0.772. The number of hydrogen-bond donors (Lipinski definition) is 1. The molecule has 0 fully saturated rings. The van der Waals surface area contributed by atoms with E-state index in [-0.39, 0.29) is 0 Å². The zero-order valence-electron chi connectivity index (χ0n) is 9.02. The third-order valence-corrected chi connectivity index (χ3v) is 2.15. The van der Waals surface area contributed by atoms with E-state index in [1.807, 2.05) is 27.1 Å². The number of anilines is 2. The van der Waals surface area contributed by atoms with Crippen LogP contribution in [0.1, 0.15) is 11.4 Å². The summed E-state index contributed by atoms with van der Waals surface area (Å²) in [5.41, 5.74) is 2.78.